The van der Waals surface area contributed by atoms with Crippen LogP contribution < -0.4 is 21.9 Å². The van der Waals surface area contributed by atoms with E-state index in [0.717, 1.165) is 15.9 Å². The highest BCUT2D eigenvalue weighted by Gasteiger charge is 2.24. The van der Waals surface area contributed by atoms with Crippen LogP contribution in [0.4, 0.5) is 11.4 Å². The van der Waals surface area contributed by atoms with E-state index in [0.29, 0.717) is 16.3 Å². The van der Waals surface area contributed by atoms with Gasteiger partial charge in [0.25, 0.3) is 5.56 Å². The van der Waals surface area contributed by atoms with E-state index in [4.69, 9.17) is 0 Å². The van der Waals surface area contributed by atoms with E-state index < -0.39 is 0 Å². The van der Waals surface area contributed by atoms with Crippen molar-refractivity contribution in [1.82, 2.24) is 18.7 Å². The van der Waals surface area contributed by atoms with E-state index in [-0.39, 0.29) is 16.7 Å². The Labute approximate surface area is 141 Å². The zero-order valence-corrected chi connectivity index (χ0v) is 14.2. The number of aromatic nitrogens is 4. The lowest BCUT2D eigenvalue weighted by Gasteiger charge is -2.11. The topological polar surface area (TPSA) is 85.9 Å². The fourth-order valence-electron chi connectivity index (χ4n) is 2.82. The Bertz CT molecular complexity index is 1050. The lowest BCUT2D eigenvalue weighted by molar-refractivity contribution is 0.705. The molecule has 1 aliphatic rings. The first-order valence-corrected chi connectivity index (χ1v) is 8.26. The first-order chi connectivity index (χ1) is 11.5. The Hall–Kier alpha value is -2.68. The lowest BCUT2D eigenvalue weighted by atomic mass is 10.3. The third kappa shape index (κ3) is 2.04. The van der Waals surface area contributed by atoms with Gasteiger partial charge in [0.15, 0.2) is 21.8 Å². The van der Waals surface area contributed by atoms with E-state index in [1.807, 2.05) is 24.3 Å². The molecule has 0 radical (unpaired) electrons. The molecule has 0 saturated carbocycles. The van der Waals surface area contributed by atoms with E-state index >= 15 is 0 Å². The molecule has 0 atom stereocenters. The average molecular weight is 344 g/mol. The van der Waals surface area contributed by atoms with Crippen molar-refractivity contribution in [1.29, 1.82) is 0 Å². The number of fused-ring (bicyclic) bond motifs is 2. The van der Waals surface area contributed by atoms with Crippen LogP contribution >= 0.6 is 11.8 Å². The fourth-order valence-corrected chi connectivity index (χ4v) is 3.79. The minimum atomic E-state index is -0.383. The van der Waals surface area contributed by atoms with Crippen LogP contribution in [-0.4, -0.2) is 24.2 Å². The normalized spacial score (nSPS) is 13.8. The van der Waals surface area contributed by atoms with E-state index in [2.05, 4.69) is 15.6 Å². The van der Waals surface area contributed by atoms with Crippen molar-refractivity contribution in [2.24, 2.45) is 21.1 Å². The standard InChI is InChI=1S/C15H16N6O2S/c1-19-10-11(20(2)15(23)21(3)12(10)22)18-14(19)24-13-16-8-6-4-5-7-9(8)17-13/h4-7,13,16-17H,1-3H3. The summed E-state index contributed by atoms with van der Waals surface area (Å²) in [6.07, 6.45) is 0. The van der Waals surface area contributed by atoms with E-state index in [1.165, 1.54) is 23.4 Å². The number of hydrogen-bond acceptors (Lipinski definition) is 6. The van der Waals surface area contributed by atoms with Gasteiger partial charge in [0.2, 0.25) is 0 Å². The summed E-state index contributed by atoms with van der Waals surface area (Å²) in [6.45, 7) is 0. The molecular formula is C15H16N6O2S. The molecule has 124 valence electrons. The summed E-state index contributed by atoms with van der Waals surface area (Å²) in [7, 11) is 4.87. The quantitative estimate of drug-likeness (QED) is 0.718. The number of para-hydroxylation sites is 2. The van der Waals surface area contributed by atoms with Crippen molar-refractivity contribution in [3.8, 4) is 0 Å². The van der Waals surface area contributed by atoms with Gasteiger partial charge in [-0.15, -0.1) is 0 Å². The van der Waals surface area contributed by atoms with Crippen LogP contribution in [-0.2, 0) is 21.1 Å². The number of thioether (sulfide) groups is 1. The SMILES string of the molecule is Cn1c(=O)c2c(nc(SC3Nc4ccccc4N3)n2C)n(C)c1=O. The summed E-state index contributed by atoms with van der Waals surface area (Å²) >= 11 is 1.46. The molecule has 3 aromatic rings. The second kappa shape index (κ2) is 5.17. The smallest absolute Gasteiger partial charge is 0.332 e. The molecule has 3 heterocycles. The number of nitrogens with one attached hydrogen (secondary N) is 2. The highest BCUT2D eigenvalue weighted by molar-refractivity contribution is 8.00. The zero-order chi connectivity index (χ0) is 17.0. The van der Waals surface area contributed by atoms with Crippen molar-refractivity contribution < 1.29 is 0 Å². The van der Waals surface area contributed by atoms with Crippen LogP contribution in [0.15, 0.2) is 39.0 Å². The van der Waals surface area contributed by atoms with Gasteiger partial charge >= 0.3 is 5.69 Å². The van der Waals surface area contributed by atoms with Crippen molar-refractivity contribution in [2.75, 3.05) is 10.6 Å². The van der Waals surface area contributed by atoms with Gasteiger partial charge in [-0.25, -0.2) is 9.78 Å². The molecule has 1 aromatic carbocycles. The lowest BCUT2D eigenvalue weighted by Crippen LogP contribution is -2.37. The molecule has 1 aliphatic heterocycles. The first-order valence-electron chi connectivity index (χ1n) is 7.38. The largest absolute Gasteiger partial charge is 0.355 e. The second-order valence-corrected chi connectivity index (χ2v) is 6.74. The minimum absolute atomic E-state index is 0.0983. The monoisotopic (exact) mass is 344 g/mol. The van der Waals surface area contributed by atoms with Gasteiger partial charge in [-0.3, -0.25) is 13.9 Å². The molecule has 24 heavy (non-hydrogen) atoms. The molecule has 0 aliphatic carbocycles. The average Bonchev–Trinajstić information content (AvgIpc) is 3.12. The first kappa shape index (κ1) is 14.9. The second-order valence-electron chi connectivity index (χ2n) is 5.66. The predicted octanol–water partition coefficient (Wildman–Crippen LogP) is 0.884. The number of benzene rings is 1. The number of imidazole rings is 1. The van der Waals surface area contributed by atoms with Crippen LogP contribution in [0.5, 0.6) is 0 Å². The number of rotatable bonds is 2. The molecule has 2 N–H and O–H groups in total. The molecule has 0 bridgehead atoms. The summed E-state index contributed by atoms with van der Waals surface area (Å²) in [4.78, 5) is 29.0. The molecule has 2 aromatic heterocycles. The molecule has 0 fully saturated rings. The Morgan fingerprint density at radius 3 is 2.25 bits per heavy atom. The van der Waals surface area contributed by atoms with Crippen molar-refractivity contribution in [3.05, 3.63) is 45.1 Å². The van der Waals surface area contributed by atoms with Gasteiger partial charge in [0.05, 0.1) is 11.4 Å². The van der Waals surface area contributed by atoms with Gasteiger partial charge in [0, 0.05) is 21.1 Å². The van der Waals surface area contributed by atoms with Crippen LogP contribution in [0, 0.1) is 0 Å². The maximum Gasteiger partial charge on any atom is 0.332 e. The van der Waals surface area contributed by atoms with Gasteiger partial charge in [-0.1, -0.05) is 12.1 Å². The summed E-state index contributed by atoms with van der Waals surface area (Å²) in [5, 5.41) is 7.36. The molecule has 0 amide bonds. The zero-order valence-electron chi connectivity index (χ0n) is 13.4. The molecule has 0 spiro atoms. The van der Waals surface area contributed by atoms with E-state index in [1.54, 1.807) is 18.7 Å². The van der Waals surface area contributed by atoms with Crippen molar-refractivity contribution in [2.45, 2.75) is 10.7 Å². The van der Waals surface area contributed by atoms with Crippen molar-refractivity contribution in [3.63, 3.8) is 0 Å². The highest BCUT2D eigenvalue weighted by Crippen LogP contribution is 2.35. The Balaban J connectivity index is 1.76. The van der Waals surface area contributed by atoms with Crippen LogP contribution in [0.25, 0.3) is 11.2 Å². The summed E-state index contributed by atoms with van der Waals surface area (Å²) in [6, 6.07) is 7.93. The molecule has 0 saturated heterocycles. The number of hydrogen-bond donors (Lipinski definition) is 2. The van der Waals surface area contributed by atoms with E-state index in [9.17, 15) is 9.59 Å². The Morgan fingerprint density at radius 2 is 1.62 bits per heavy atom. The minimum Gasteiger partial charge on any atom is -0.355 e. The van der Waals surface area contributed by atoms with Gasteiger partial charge < -0.3 is 15.2 Å². The van der Waals surface area contributed by atoms with Gasteiger partial charge in [-0.05, 0) is 23.9 Å². The van der Waals surface area contributed by atoms with Crippen molar-refractivity contribution >= 4 is 34.3 Å². The third-order valence-electron chi connectivity index (χ3n) is 4.16. The van der Waals surface area contributed by atoms with Gasteiger partial charge in [0.1, 0.15) is 0 Å². The maximum absolute atomic E-state index is 12.4. The summed E-state index contributed by atoms with van der Waals surface area (Å²) in [5.41, 5.74) is 2.03. The van der Waals surface area contributed by atoms with Crippen LogP contribution in [0.3, 0.4) is 0 Å². The molecule has 4 rings (SSSR count). The summed E-state index contributed by atoms with van der Waals surface area (Å²) < 4.78 is 4.22. The maximum atomic E-state index is 12.4. The number of aryl methyl sites for hydroxylation is 2. The third-order valence-corrected chi connectivity index (χ3v) is 5.21. The highest BCUT2D eigenvalue weighted by atomic mass is 32.2. The Kier molecular flexibility index (Phi) is 3.20. The van der Waals surface area contributed by atoms with Crippen LogP contribution in [0.1, 0.15) is 0 Å². The fraction of sp³-hybridized carbons (Fsp3) is 0.267. The summed E-state index contributed by atoms with van der Waals surface area (Å²) in [5.74, 6) is 0. The molecule has 0 unspecified atom stereocenters. The Morgan fingerprint density at radius 1 is 1.00 bits per heavy atom. The predicted molar refractivity (Wildman–Crippen MR) is 94.5 cm³/mol. The number of anilines is 2. The molecule has 8 nitrogen and oxygen atoms in total. The molecule has 9 heteroatoms. The molecular weight excluding hydrogens is 328 g/mol. The number of nitrogens with zero attached hydrogens (tertiary/aromatic N) is 4. The van der Waals surface area contributed by atoms with Gasteiger partial charge in [-0.2, -0.15) is 0 Å². The van der Waals surface area contributed by atoms with Crippen LogP contribution in [0.2, 0.25) is 0 Å².